The van der Waals surface area contributed by atoms with Crippen LogP contribution < -0.4 is 10.1 Å². The quantitative estimate of drug-likeness (QED) is 0.511. The number of likely N-dealkylation sites (N-methyl/N-ethyl adjacent to an activating group) is 2. The fourth-order valence-electron chi connectivity index (χ4n) is 3.53. The van der Waals surface area contributed by atoms with Crippen molar-refractivity contribution in [3.63, 3.8) is 0 Å². The van der Waals surface area contributed by atoms with E-state index in [9.17, 15) is 5.11 Å². The lowest BCUT2D eigenvalue weighted by molar-refractivity contribution is 0.114. The van der Waals surface area contributed by atoms with Gasteiger partial charge < -0.3 is 20.1 Å². The molecule has 0 radical (unpaired) electrons. The van der Waals surface area contributed by atoms with E-state index in [0.717, 1.165) is 36.9 Å². The number of aryl methyl sites for hydroxylation is 1. The first-order valence-electron chi connectivity index (χ1n) is 10.1. The molecule has 2 unspecified atom stereocenters. The maximum absolute atomic E-state index is 10.3. The molecule has 0 saturated carbocycles. The van der Waals surface area contributed by atoms with Crippen LogP contribution in [-0.4, -0.2) is 79.4 Å². The number of nitrogens with one attached hydrogen (secondary N) is 1. The lowest BCUT2D eigenvalue weighted by atomic mass is 10.2. The number of ether oxygens (including phenoxy) is 1. The maximum Gasteiger partial charge on any atom is 0.193 e. The molecule has 2 rings (SSSR count). The van der Waals surface area contributed by atoms with E-state index in [2.05, 4.69) is 41.0 Å². The number of rotatable bonds is 9. The number of guanidine groups is 1. The second-order valence-corrected chi connectivity index (χ2v) is 7.28. The van der Waals surface area contributed by atoms with Crippen molar-refractivity contribution in [1.29, 1.82) is 0 Å². The summed E-state index contributed by atoms with van der Waals surface area (Å²) in [6.07, 6.45) is 1.88. The lowest BCUT2D eigenvalue weighted by Gasteiger charge is -2.30. The Hall–Kier alpha value is -1.79. The van der Waals surface area contributed by atoms with Crippen LogP contribution in [0.15, 0.2) is 29.3 Å². The van der Waals surface area contributed by atoms with Gasteiger partial charge in [0.15, 0.2) is 5.96 Å². The number of likely N-dealkylation sites (tertiary alicyclic amines) is 1. The van der Waals surface area contributed by atoms with Gasteiger partial charge in [-0.3, -0.25) is 9.89 Å². The van der Waals surface area contributed by atoms with Crippen LogP contribution in [0.1, 0.15) is 32.3 Å². The average molecular weight is 377 g/mol. The van der Waals surface area contributed by atoms with E-state index in [4.69, 9.17) is 4.74 Å². The second-order valence-electron chi connectivity index (χ2n) is 7.28. The summed E-state index contributed by atoms with van der Waals surface area (Å²) in [6, 6.07) is 8.43. The molecule has 152 valence electrons. The molecule has 1 saturated heterocycles. The van der Waals surface area contributed by atoms with Crippen LogP contribution in [0.2, 0.25) is 0 Å². The van der Waals surface area contributed by atoms with Crippen LogP contribution in [0.25, 0.3) is 0 Å². The summed E-state index contributed by atoms with van der Waals surface area (Å²) >= 11 is 0. The van der Waals surface area contributed by atoms with Gasteiger partial charge in [0.1, 0.15) is 18.5 Å². The van der Waals surface area contributed by atoms with Gasteiger partial charge in [-0.1, -0.05) is 19.1 Å². The monoisotopic (exact) mass is 376 g/mol. The van der Waals surface area contributed by atoms with Crippen LogP contribution in [0.3, 0.4) is 0 Å². The molecule has 1 aromatic carbocycles. The molecule has 0 bridgehead atoms. The summed E-state index contributed by atoms with van der Waals surface area (Å²) in [7, 11) is 2.07. The Bertz CT molecular complexity index is 593. The minimum Gasteiger partial charge on any atom is -0.491 e. The van der Waals surface area contributed by atoms with Crippen molar-refractivity contribution in [1.82, 2.24) is 15.1 Å². The highest BCUT2D eigenvalue weighted by Crippen LogP contribution is 2.17. The maximum atomic E-state index is 10.3. The molecular weight excluding hydrogens is 340 g/mol. The zero-order valence-corrected chi connectivity index (χ0v) is 17.3. The Kier molecular flexibility index (Phi) is 8.88. The van der Waals surface area contributed by atoms with Gasteiger partial charge in [-0.2, -0.15) is 0 Å². The number of hydrogen-bond donors (Lipinski definition) is 2. The molecular formula is C21H36N4O2. The van der Waals surface area contributed by atoms with E-state index in [1.54, 1.807) is 0 Å². The molecule has 1 aliphatic rings. The zero-order valence-electron chi connectivity index (χ0n) is 17.3. The number of aliphatic imine (C=N–C) groups is 1. The molecule has 2 atom stereocenters. The Morgan fingerprint density at radius 2 is 2.26 bits per heavy atom. The molecule has 1 heterocycles. The smallest absolute Gasteiger partial charge is 0.193 e. The van der Waals surface area contributed by atoms with E-state index in [1.165, 1.54) is 19.4 Å². The summed E-state index contributed by atoms with van der Waals surface area (Å²) in [4.78, 5) is 9.33. The largest absolute Gasteiger partial charge is 0.491 e. The molecule has 6 heteroatoms. The Labute approximate surface area is 164 Å². The Morgan fingerprint density at radius 1 is 1.44 bits per heavy atom. The fraction of sp³-hybridized carbons (Fsp3) is 0.667. The topological polar surface area (TPSA) is 60.3 Å². The first-order valence-corrected chi connectivity index (χ1v) is 10.1. The first-order chi connectivity index (χ1) is 13.0. The van der Waals surface area contributed by atoms with Gasteiger partial charge in [0.25, 0.3) is 0 Å². The van der Waals surface area contributed by atoms with E-state index in [1.807, 2.05) is 31.2 Å². The highest BCUT2D eigenvalue weighted by molar-refractivity contribution is 5.79. The summed E-state index contributed by atoms with van der Waals surface area (Å²) in [5.41, 5.74) is 1.14. The Morgan fingerprint density at radius 3 is 2.96 bits per heavy atom. The van der Waals surface area contributed by atoms with Gasteiger partial charge >= 0.3 is 0 Å². The first kappa shape index (κ1) is 21.5. The van der Waals surface area contributed by atoms with Gasteiger partial charge in [0.2, 0.25) is 0 Å². The average Bonchev–Trinajstić information content (AvgIpc) is 3.10. The minimum atomic E-state index is -0.633. The normalized spacial score (nSPS) is 19.1. The standard InChI is InChI=1S/C21H36N4O2/c1-5-22-21(24(4)15-18-10-8-12-25(18)6-2)23-14-19(26)16-27-20-11-7-9-17(3)13-20/h7,9,11,13,18-19,26H,5-6,8,10,12,14-16H2,1-4H3,(H,22,23). The summed E-state index contributed by atoms with van der Waals surface area (Å²) < 4.78 is 5.68. The highest BCUT2D eigenvalue weighted by Gasteiger charge is 2.25. The van der Waals surface area contributed by atoms with Crippen LogP contribution in [0.4, 0.5) is 0 Å². The third kappa shape index (κ3) is 7.03. The third-order valence-corrected chi connectivity index (χ3v) is 4.97. The van der Waals surface area contributed by atoms with Crippen molar-refractivity contribution < 1.29 is 9.84 Å². The molecule has 1 aliphatic heterocycles. The predicted molar refractivity (Wildman–Crippen MR) is 112 cm³/mol. The van der Waals surface area contributed by atoms with Crippen LogP contribution >= 0.6 is 0 Å². The van der Waals surface area contributed by atoms with E-state index < -0.39 is 6.10 Å². The number of aliphatic hydroxyl groups excluding tert-OH is 1. The number of aliphatic hydroxyl groups is 1. The minimum absolute atomic E-state index is 0.238. The highest BCUT2D eigenvalue weighted by atomic mass is 16.5. The molecule has 1 aromatic rings. The van der Waals surface area contributed by atoms with E-state index >= 15 is 0 Å². The molecule has 0 amide bonds. The van der Waals surface area contributed by atoms with Crippen molar-refractivity contribution in [3.8, 4) is 5.75 Å². The van der Waals surface area contributed by atoms with Crippen LogP contribution in [0.5, 0.6) is 5.75 Å². The van der Waals surface area contributed by atoms with Gasteiger partial charge in [-0.25, -0.2) is 0 Å². The van der Waals surface area contributed by atoms with Gasteiger partial charge in [0, 0.05) is 26.2 Å². The molecule has 0 aliphatic carbocycles. The SMILES string of the molecule is CCNC(=NCC(O)COc1cccc(C)c1)N(C)CC1CCCN1CC. The van der Waals surface area contributed by atoms with E-state index in [-0.39, 0.29) is 6.61 Å². The molecule has 1 fully saturated rings. The van der Waals surface area contributed by atoms with Crippen molar-refractivity contribution in [2.24, 2.45) is 4.99 Å². The Balaban J connectivity index is 1.85. The van der Waals surface area contributed by atoms with E-state index in [0.29, 0.717) is 12.6 Å². The third-order valence-electron chi connectivity index (χ3n) is 4.97. The van der Waals surface area contributed by atoms with Gasteiger partial charge in [-0.05, 0) is 57.5 Å². The van der Waals surface area contributed by atoms with Gasteiger partial charge in [0.05, 0.1) is 6.54 Å². The lowest BCUT2D eigenvalue weighted by Crippen LogP contribution is -2.46. The number of nitrogens with zero attached hydrogens (tertiary/aromatic N) is 3. The summed E-state index contributed by atoms with van der Waals surface area (Å²) in [5.74, 6) is 1.62. The van der Waals surface area contributed by atoms with Crippen molar-refractivity contribution >= 4 is 5.96 Å². The zero-order chi connectivity index (χ0) is 19.6. The summed E-state index contributed by atoms with van der Waals surface area (Å²) in [6.45, 7) is 10.9. The van der Waals surface area contributed by atoms with Crippen molar-refractivity contribution in [2.75, 3.05) is 46.4 Å². The molecule has 2 N–H and O–H groups in total. The molecule has 0 spiro atoms. The van der Waals surface area contributed by atoms with Crippen molar-refractivity contribution in [2.45, 2.75) is 45.8 Å². The number of benzene rings is 1. The summed E-state index contributed by atoms with van der Waals surface area (Å²) in [5, 5.41) is 13.6. The molecule has 6 nitrogen and oxygen atoms in total. The molecule has 0 aromatic heterocycles. The number of hydrogen-bond acceptors (Lipinski definition) is 4. The van der Waals surface area contributed by atoms with Gasteiger partial charge in [-0.15, -0.1) is 0 Å². The van der Waals surface area contributed by atoms with Crippen molar-refractivity contribution in [3.05, 3.63) is 29.8 Å². The van der Waals surface area contributed by atoms with Crippen LogP contribution in [-0.2, 0) is 0 Å². The van der Waals surface area contributed by atoms with Crippen LogP contribution in [0, 0.1) is 6.92 Å². The second kappa shape index (κ2) is 11.1. The molecule has 27 heavy (non-hydrogen) atoms. The fourth-order valence-corrected chi connectivity index (χ4v) is 3.53. The predicted octanol–water partition coefficient (Wildman–Crippen LogP) is 2.12.